The Balaban J connectivity index is 1.28. The molecule has 0 unspecified atom stereocenters. The zero-order valence-electron chi connectivity index (χ0n) is 18.6. The number of rotatable bonds is 7. The van der Waals surface area contributed by atoms with Gasteiger partial charge in [0.25, 0.3) is 0 Å². The predicted octanol–water partition coefficient (Wildman–Crippen LogP) is 5.73. The smallest absolute Gasteiger partial charge is 0.229 e. The number of nitrogens with zero attached hydrogens (tertiary/aromatic N) is 2. The second-order valence-corrected chi connectivity index (χ2v) is 9.80. The molecule has 3 aromatic rings. The molecule has 0 spiro atoms. The van der Waals surface area contributed by atoms with Gasteiger partial charge in [0, 0.05) is 29.4 Å². The van der Waals surface area contributed by atoms with Gasteiger partial charge in [0.2, 0.25) is 11.8 Å². The molecule has 3 N–H and O–H groups in total. The van der Waals surface area contributed by atoms with Crippen LogP contribution in [0.2, 0.25) is 0 Å². The average Bonchev–Trinajstić information content (AvgIpc) is 3.05. The highest BCUT2D eigenvalue weighted by molar-refractivity contribution is 7.19. The van der Waals surface area contributed by atoms with Gasteiger partial charge in [-0.2, -0.15) is 0 Å². The zero-order chi connectivity index (χ0) is 22.8. The van der Waals surface area contributed by atoms with E-state index in [0.717, 1.165) is 66.0 Å². The van der Waals surface area contributed by atoms with E-state index in [1.165, 1.54) is 11.3 Å². The van der Waals surface area contributed by atoms with Crippen LogP contribution in [0.25, 0.3) is 10.4 Å². The summed E-state index contributed by atoms with van der Waals surface area (Å²) in [4.78, 5) is 34.5. The Morgan fingerprint density at radius 1 is 0.939 bits per heavy atom. The third-order valence-corrected chi connectivity index (χ3v) is 7.53. The largest absolute Gasteiger partial charge is 0.340 e. The van der Waals surface area contributed by atoms with E-state index < -0.39 is 0 Å². The van der Waals surface area contributed by atoms with Crippen LogP contribution in [0.5, 0.6) is 0 Å². The fraction of sp³-hybridized carbons (Fsp3) is 0.360. The second-order valence-electron chi connectivity index (χ2n) is 8.80. The summed E-state index contributed by atoms with van der Waals surface area (Å²) in [5, 5.41) is 9.94. The number of carbonyl (C=O) groups is 2. The number of amides is 2. The van der Waals surface area contributed by atoms with Crippen LogP contribution in [0, 0.1) is 18.8 Å². The van der Waals surface area contributed by atoms with Gasteiger partial charge in [-0.1, -0.05) is 30.2 Å². The van der Waals surface area contributed by atoms with Gasteiger partial charge >= 0.3 is 0 Å². The molecule has 170 valence electrons. The highest BCUT2D eigenvalue weighted by Crippen LogP contribution is 2.35. The molecule has 0 saturated heterocycles. The predicted molar refractivity (Wildman–Crippen MR) is 132 cm³/mol. The number of pyridine rings is 1. The minimum absolute atomic E-state index is 0.0721. The van der Waals surface area contributed by atoms with E-state index in [1.807, 2.05) is 43.3 Å². The minimum atomic E-state index is 0.0721. The van der Waals surface area contributed by atoms with Crippen molar-refractivity contribution in [2.24, 2.45) is 11.8 Å². The molecule has 8 heteroatoms. The Bertz CT molecular complexity index is 1180. The number of nitrogens with one attached hydrogen (secondary N) is 3. The highest BCUT2D eigenvalue weighted by atomic mass is 32.1. The summed E-state index contributed by atoms with van der Waals surface area (Å²) in [6, 6.07) is 11.6. The normalized spacial score (nSPS) is 15.9. The molecule has 2 heterocycles. The minimum Gasteiger partial charge on any atom is -0.340 e. The van der Waals surface area contributed by atoms with E-state index in [1.54, 1.807) is 6.20 Å². The average molecular weight is 462 g/mol. The fourth-order valence-corrected chi connectivity index (χ4v) is 4.94. The molecule has 2 fully saturated rings. The molecular formula is C25H27N5O2S. The van der Waals surface area contributed by atoms with Gasteiger partial charge in [-0.15, -0.1) is 0 Å². The zero-order valence-corrected chi connectivity index (χ0v) is 19.4. The molecule has 2 saturated carbocycles. The number of thiazole rings is 1. The Morgan fingerprint density at radius 2 is 1.64 bits per heavy atom. The Labute approximate surface area is 197 Å². The van der Waals surface area contributed by atoms with Crippen LogP contribution >= 0.6 is 11.3 Å². The van der Waals surface area contributed by atoms with E-state index in [9.17, 15) is 9.59 Å². The van der Waals surface area contributed by atoms with Crippen LogP contribution in [0.4, 0.5) is 22.3 Å². The molecule has 7 nitrogen and oxygen atoms in total. The van der Waals surface area contributed by atoms with Crippen molar-refractivity contribution in [1.29, 1.82) is 0 Å². The third-order valence-electron chi connectivity index (χ3n) is 6.40. The molecule has 33 heavy (non-hydrogen) atoms. The Morgan fingerprint density at radius 3 is 2.33 bits per heavy atom. The van der Waals surface area contributed by atoms with Crippen molar-refractivity contribution in [2.45, 2.75) is 45.4 Å². The summed E-state index contributed by atoms with van der Waals surface area (Å²) in [6.07, 6.45) is 7.90. The first kappa shape index (κ1) is 21.6. The summed E-state index contributed by atoms with van der Waals surface area (Å²) in [7, 11) is 0. The summed E-state index contributed by atoms with van der Waals surface area (Å²) >= 11 is 1.48. The second kappa shape index (κ2) is 9.31. The first-order chi connectivity index (χ1) is 16.0. The quantitative estimate of drug-likeness (QED) is 0.417. The topological polar surface area (TPSA) is 96.0 Å². The number of aryl methyl sites for hydroxylation is 1. The van der Waals surface area contributed by atoms with E-state index in [-0.39, 0.29) is 23.7 Å². The molecule has 2 aliphatic carbocycles. The molecule has 0 bridgehead atoms. The lowest BCUT2D eigenvalue weighted by Crippen LogP contribution is -2.27. The van der Waals surface area contributed by atoms with Crippen molar-refractivity contribution >= 4 is 45.5 Å². The highest BCUT2D eigenvalue weighted by Gasteiger charge is 2.26. The van der Waals surface area contributed by atoms with Gasteiger partial charge in [-0.05, 0) is 68.5 Å². The molecule has 0 atom stereocenters. The lowest BCUT2D eigenvalue weighted by atomic mass is 9.85. The lowest BCUT2D eigenvalue weighted by molar-refractivity contribution is -0.122. The maximum atomic E-state index is 12.3. The van der Waals surface area contributed by atoms with Crippen LogP contribution in [0.1, 0.15) is 44.2 Å². The van der Waals surface area contributed by atoms with Crippen LogP contribution < -0.4 is 16.0 Å². The van der Waals surface area contributed by atoms with Gasteiger partial charge < -0.3 is 16.0 Å². The van der Waals surface area contributed by atoms with E-state index in [2.05, 4.69) is 25.9 Å². The van der Waals surface area contributed by atoms with Crippen LogP contribution in [-0.4, -0.2) is 21.8 Å². The number of benzene rings is 1. The summed E-state index contributed by atoms with van der Waals surface area (Å²) < 4.78 is 0. The van der Waals surface area contributed by atoms with Gasteiger partial charge in [-0.3, -0.25) is 9.59 Å². The number of hydrogen-bond donors (Lipinski definition) is 3. The van der Waals surface area contributed by atoms with Crippen molar-refractivity contribution in [3.63, 3.8) is 0 Å². The first-order valence-electron chi connectivity index (χ1n) is 11.5. The van der Waals surface area contributed by atoms with Crippen LogP contribution in [0.15, 0.2) is 42.6 Å². The number of aromatic nitrogens is 2. The van der Waals surface area contributed by atoms with Gasteiger partial charge in [-0.25, -0.2) is 9.97 Å². The molecule has 2 aliphatic rings. The first-order valence-corrected chi connectivity index (χ1v) is 12.3. The molecule has 5 rings (SSSR count). The molecule has 2 amide bonds. The number of hydrogen-bond acceptors (Lipinski definition) is 6. The maximum absolute atomic E-state index is 12.3. The molecular weight excluding hydrogens is 434 g/mol. The molecule has 1 aromatic carbocycles. The summed E-state index contributed by atoms with van der Waals surface area (Å²) in [5.74, 6) is 1.14. The Kier molecular flexibility index (Phi) is 6.09. The maximum Gasteiger partial charge on any atom is 0.229 e. The number of carbonyl (C=O) groups excluding carboxylic acids is 2. The van der Waals surface area contributed by atoms with Crippen molar-refractivity contribution in [1.82, 2.24) is 9.97 Å². The molecule has 0 radical (unpaired) electrons. The lowest BCUT2D eigenvalue weighted by Gasteiger charge is -2.24. The molecule has 0 aliphatic heterocycles. The van der Waals surface area contributed by atoms with Crippen molar-refractivity contribution < 1.29 is 9.59 Å². The van der Waals surface area contributed by atoms with Gasteiger partial charge in [0.05, 0.1) is 10.6 Å². The van der Waals surface area contributed by atoms with E-state index in [0.29, 0.717) is 10.9 Å². The standard InChI is InChI=1S/C25H27N5O2S/c1-15-22(33-25(27-15)30-24(32)17-7-3-8-17)18-11-12-26-21(13-18)28-19-9-4-10-20(14-19)29-23(31)16-5-2-6-16/h4,9-14,16-17H,2-3,5-8H2,1H3,(H,26,28)(H,29,31)(H,27,30,32). The van der Waals surface area contributed by atoms with Crippen LogP contribution in [-0.2, 0) is 9.59 Å². The van der Waals surface area contributed by atoms with Crippen LogP contribution in [0.3, 0.4) is 0 Å². The third kappa shape index (κ3) is 4.90. The van der Waals surface area contributed by atoms with E-state index in [4.69, 9.17) is 0 Å². The summed E-state index contributed by atoms with van der Waals surface area (Å²) in [5.41, 5.74) is 3.49. The van der Waals surface area contributed by atoms with E-state index >= 15 is 0 Å². The SMILES string of the molecule is Cc1nc(NC(=O)C2CCC2)sc1-c1ccnc(Nc2cccc(NC(=O)C3CCC3)c2)c1. The van der Waals surface area contributed by atoms with Gasteiger partial charge in [0.1, 0.15) is 5.82 Å². The fourth-order valence-electron chi connectivity index (χ4n) is 3.97. The monoisotopic (exact) mass is 461 g/mol. The summed E-state index contributed by atoms with van der Waals surface area (Å²) in [6.45, 7) is 1.95. The Hall–Kier alpha value is -3.26. The number of anilines is 4. The van der Waals surface area contributed by atoms with Crippen molar-refractivity contribution in [3.05, 3.63) is 48.3 Å². The van der Waals surface area contributed by atoms with Gasteiger partial charge in [0.15, 0.2) is 5.13 Å². The molecule has 2 aromatic heterocycles. The van der Waals surface area contributed by atoms with Crippen molar-refractivity contribution in [2.75, 3.05) is 16.0 Å². The van der Waals surface area contributed by atoms with Crippen molar-refractivity contribution in [3.8, 4) is 10.4 Å².